The van der Waals surface area contributed by atoms with Crippen molar-refractivity contribution in [2.75, 3.05) is 0 Å². The van der Waals surface area contributed by atoms with E-state index in [0.29, 0.717) is 11.6 Å². The van der Waals surface area contributed by atoms with E-state index in [2.05, 4.69) is 5.10 Å². The molecule has 1 aromatic carbocycles. The lowest BCUT2D eigenvalue weighted by atomic mass is 10.1. The van der Waals surface area contributed by atoms with E-state index in [1.54, 1.807) is 10.9 Å². The summed E-state index contributed by atoms with van der Waals surface area (Å²) in [5, 5.41) is 5.87. The monoisotopic (exact) mass is 195 g/mol. The summed E-state index contributed by atoms with van der Waals surface area (Å²) >= 11 is 6.07. The van der Waals surface area contributed by atoms with E-state index in [-0.39, 0.29) is 0 Å². The lowest BCUT2D eigenvalue weighted by Gasteiger charge is -2.00. The molecule has 0 aliphatic rings. The van der Waals surface area contributed by atoms with E-state index in [0.717, 1.165) is 16.5 Å². The van der Waals surface area contributed by atoms with Crippen LogP contribution in [-0.2, 0) is 13.6 Å². The fourth-order valence-electron chi connectivity index (χ4n) is 1.44. The van der Waals surface area contributed by atoms with E-state index in [4.69, 9.17) is 17.3 Å². The number of benzene rings is 1. The molecule has 0 atom stereocenters. The average molecular weight is 196 g/mol. The van der Waals surface area contributed by atoms with Gasteiger partial charge < -0.3 is 5.73 Å². The Bertz CT molecular complexity index is 447. The predicted octanol–water partition coefficient (Wildman–Crippen LogP) is 1.69. The highest BCUT2D eigenvalue weighted by molar-refractivity contribution is 6.35. The highest BCUT2D eigenvalue weighted by Gasteiger charge is 2.05. The molecular weight excluding hydrogens is 186 g/mol. The summed E-state index contributed by atoms with van der Waals surface area (Å²) in [7, 11) is 1.87. The molecule has 0 fully saturated rings. The molecule has 68 valence electrons. The minimum absolute atomic E-state index is 0.505. The quantitative estimate of drug-likeness (QED) is 0.753. The Hall–Kier alpha value is -1.06. The van der Waals surface area contributed by atoms with Gasteiger partial charge in [-0.05, 0) is 17.7 Å². The van der Waals surface area contributed by atoms with Crippen LogP contribution in [0.15, 0.2) is 18.3 Å². The highest BCUT2D eigenvalue weighted by atomic mass is 35.5. The molecule has 3 nitrogen and oxygen atoms in total. The van der Waals surface area contributed by atoms with Crippen molar-refractivity contribution >= 4 is 22.5 Å². The first-order valence-electron chi connectivity index (χ1n) is 4.02. The number of halogens is 1. The standard InChI is InChI=1S/C9H10ClN3/c1-13-9-7(5-12-13)2-6(4-11)3-8(9)10/h2-3,5H,4,11H2,1H3. The first-order chi connectivity index (χ1) is 6.22. The largest absolute Gasteiger partial charge is 0.326 e. The third-order valence-electron chi connectivity index (χ3n) is 2.08. The first kappa shape index (κ1) is 8.53. The zero-order valence-corrected chi connectivity index (χ0v) is 8.04. The maximum Gasteiger partial charge on any atom is 0.0865 e. The van der Waals surface area contributed by atoms with Crippen LogP contribution < -0.4 is 5.73 Å². The smallest absolute Gasteiger partial charge is 0.0865 e. The topological polar surface area (TPSA) is 43.8 Å². The van der Waals surface area contributed by atoms with E-state index < -0.39 is 0 Å². The normalized spacial score (nSPS) is 11.0. The fraction of sp³-hybridized carbons (Fsp3) is 0.222. The summed E-state index contributed by atoms with van der Waals surface area (Å²) in [6.45, 7) is 0.505. The molecule has 0 radical (unpaired) electrons. The van der Waals surface area contributed by atoms with Crippen molar-refractivity contribution in [2.45, 2.75) is 6.54 Å². The van der Waals surface area contributed by atoms with E-state index in [1.807, 2.05) is 19.2 Å². The van der Waals surface area contributed by atoms with Crippen LogP contribution in [0.5, 0.6) is 0 Å². The third-order valence-corrected chi connectivity index (χ3v) is 2.37. The molecule has 1 heterocycles. The Morgan fingerprint density at radius 3 is 3.00 bits per heavy atom. The Morgan fingerprint density at radius 1 is 1.54 bits per heavy atom. The van der Waals surface area contributed by atoms with Gasteiger partial charge in [-0.2, -0.15) is 5.10 Å². The molecule has 13 heavy (non-hydrogen) atoms. The fourth-order valence-corrected chi connectivity index (χ4v) is 1.81. The summed E-state index contributed by atoms with van der Waals surface area (Å²) in [6.07, 6.45) is 1.79. The average Bonchev–Trinajstić information content (AvgIpc) is 2.48. The molecule has 2 rings (SSSR count). The SMILES string of the molecule is Cn1ncc2cc(CN)cc(Cl)c21. The number of hydrogen-bond donors (Lipinski definition) is 1. The highest BCUT2D eigenvalue weighted by Crippen LogP contribution is 2.24. The Morgan fingerprint density at radius 2 is 2.31 bits per heavy atom. The van der Waals surface area contributed by atoms with Gasteiger partial charge in [0.25, 0.3) is 0 Å². The lowest BCUT2D eigenvalue weighted by Crippen LogP contribution is -1.96. The van der Waals surface area contributed by atoms with Crippen molar-refractivity contribution in [1.29, 1.82) is 0 Å². The van der Waals surface area contributed by atoms with Crippen molar-refractivity contribution < 1.29 is 0 Å². The van der Waals surface area contributed by atoms with Crippen molar-refractivity contribution in [1.82, 2.24) is 9.78 Å². The Labute approximate surface area is 81.1 Å². The van der Waals surface area contributed by atoms with Crippen LogP contribution in [0.25, 0.3) is 10.9 Å². The number of nitrogens with zero attached hydrogens (tertiary/aromatic N) is 2. The summed E-state index contributed by atoms with van der Waals surface area (Å²) in [6, 6.07) is 3.89. The molecule has 4 heteroatoms. The molecule has 0 unspecified atom stereocenters. The molecule has 0 aliphatic carbocycles. The minimum atomic E-state index is 0.505. The molecule has 2 N–H and O–H groups in total. The molecule has 2 aromatic rings. The molecule has 0 aliphatic heterocycles. The molecular formula is C9H10ClN3. The van der Waals surface area contributed by atoms with Gasteiger partial charge in [-0.25, -0.2) is 0 Å². The van der Waals surface area contributed by atoms with Crippen LogP contribution in [0.3, 0.4) is 0 Å². The number of rotatable bonds is 1. The van der Waals surface area contributed by atoms with Gasteiger partial charge in [-0.1, -0.05) is 11.6 Å². The number of aromatic nitrogens is 2. The van der Waals surface area contributed by atoms with Crippen molar-refractivity contribution in [2.24, 2.45) is 12.8 Å². The van der Waals surface area contributed by atoms with Crippen molar-refractivity contribution in [3.8, 4) is 0 Å². The maximum atomic E-state index is 6.07. The Balaban J connectivity index is 2.79. The van der Waals surface area contributed by atoms with Crippen LogP contribution in [0.1, 0.15) is 5.56 Å². The molecule has 0 spiro atoms. The Kier molecular flexibility index (Phi) is 1.98. The number of nitrogens with two attached hydrogens (primary N) is 1. The van der Waals surface area contributed by atoms with Crippen LogP contribution in [-0.4, -0.2) is 9.78 Å². The summed E-state index contributed by atoms with van der Waals surface area (Å²) in [4.78, 5) is 0. The second kappa shape index (κ2) is 3.01. The lowest BCUT2D eigenvalue weighted by molar-refractivity contribution is 0.797. The summed E-state index contributed by atoms with van der Waals surface area (Å²) in [5.74, 6) is 0. The van der Waals surface area contributed by atoms with Crippen LogP contribution in [0.4, 0.5) is 0 Å². The molecule has 1 aromatic heterocycles. The van der Waals surface area contributed by atoms with Gasteiger partial charge in [0.2, 0.25) is 0 Å². The molecule has 0 bridgehead atoms. The van der Waals surface area contributed by atoms with Crippen LogP contribution >= 0.6 is 11.6 Å². The van der Waals surface area contributed by atoms with Crippen molar-refractivity contribution in [3.05, 3.63) is 28.9 Å². The van der Waals surface area contributed by atoms with Crippen molar-refractivity contribution in [3.63, 3.8) is 0 Å². The van der Waals surface area contributed by atoms with Gasteiger partial charge in [-0.15, -0.1) is 0 Å². The molecule has 0 saturated heterocycles. The van der Waals surface area contributed by atoms with Gasteiger partial charge in [0.05, 0.1) is 16.7 Å². The van der Waals surface area contributed by atoms with E-state index >= 15 is 0 Å². The zero-order chi connectivity index (χ0) is 9.42. The second-order valence-electron chi connectivity index (χ2n) is 2.99. The third kappa shape index (κ3) is 1.30. The van der Waals surface area contributed by atoms with Crippen LogP contribution in [0.2, 0.25) is 5.02 Å². The van der Waals surface area contributed by atoms with Gasteiger partial charge in [0.15, 0.2) is 0 Å². The summed E-state index contributed by atoms with van der Waals surface area (Å²) in [5.41, 5.74) is 7.52. The molecule has 0 amide bonds. The van der Waals surface area contributed by atoms with Crippen LogP contribution in [0, 0.1) is 0 Å². The van der Waals surface area contributed by atoms with Gasteiger partial charge in [-0.3, -0.25) is 4.68 Å². The minimum Gasteiger partial charge on any atom is -0.326 e. The maximum absolute atomic E-state index is 6.07. The zero-order valence-electron chi connectivity index (χ0n) is 7.29. The van der Waals surface area contributed by atoms with Gasteiger partial charge in [0.1, 0.15) is 0 Å². The number of aryl methyl sites for hydroxylation is 1. The van der Waals surface area contributed by atoms with E-state index in [1.165, 1.54) is 0 Å². The predicted molar refractivity (Wildman–Crippen MR) is 53.6 cm³/mol. The number of hydrogen-bond acceptors (Lipinski definition) is 2. The van der Waals surface area contributed by atoms with E-state index in [9.17, 15) is 0 Å². The van der Waals surface area contributed by atoms with Gasteiger partial charge >= 0.3 is 0 Å². The molecule has 0 saturated carbocycles. The second-order valence-corrected chi connectivity index (χ2v) is 3.39. The first-order valence-corrected chi connectivity index (χ1v) is 4.40. The van der Waals surface area contributed by atoms with Gasteiger partial charge in [0, 0.05) is 19.0 Å². The number of fused-ring (bicyclic) bond motifs is 1. The summed E-state index contributed by atoms with van der Waals surface area (Å²) < 4.78 is 1.76.